The molecule has 0 atom stereocenters. The minimum atomic E-state index is 0.543. The number of para-hydroxylation sites is 1. The Morgan fingerprint density at radius 3 is 2.60 bits per heavy atom. The average molecular weight is 477 g/mol. The highest BCUT2D eigenvalue weighted by Gasteiger charge is 2.16. The largest absolute Gasteiger partial charge is 0.493 e. The molecule has 1 aromatic heterocycles. The van der Waals surface area contributed by atoms with Gasteiger partial charge in [-0.05, 0) is 75.6 Å². The third-order valence-electron chi connectivity index (χ3n) is 6.17. The van der Waals surface area contributed by atoms with Crippen molar-refractivity contribution < 1.29 is 9.47 Å². The smallest absolute Gasteiger partial charge is 0.229 e. The maximum Gasteiger partial charge on any atom is 0.229 e. The first-order valence-corrected chi connectivity index (χ1v) is 12.3. The fourth-order valence-electron chi connectivity index (χ4n) is 4.07. The first-order valence-electron chi connectivity index (χ1n) is 12.3. The Hall–Kier alpha value is -3.52. The number of methoxy groups -OCH3 is 1. The Kier molecular flexibility index (Phi) is 9.00. The minimum Gasteiger partial charge on any atom is -0.493 e. The zero-order chi connectivity index (χ0) is 24.3. The van der Waals surface area contributed by atoms with Crippen molar-refractivity contribution in [3.8, 4) is 11.5 Å². The van der Waals surface area contributed by atoms with Crippen LogP contribution in [0.1, 0.15) is 19.3 Å². The first kappa shape index (κ1) is 24.6. The number of ether oxygens (including phenoxy) is 2. The van der Waals surface area contributed by atoms with E-state index < -0.39 is 0 Å². The lowest BCUT2D eigenvalue weighted by atomic mass is 9.97. The van der Waals surface area contributed by atoms with Crippen molar-refractivity contribution in [1.82, 2.24) is 14.9 Å². The third-order valence-corrected chi connectivity index (χ3v) is 6.17. The molecule has 8 nitrogen and oxygen atoms in total. The van der Waals surface area contributed by atoms with E-state index in [0.29, 0.717) is 30.0 Å². The average Bonchev–Trinajstić information content (AvgIpc) is 2.89. The van der Waals surface area contributed by atoms with E-state index in [-0.39, 0.29) is 0 Å². The minimum absolute atomic E-state index is 0.543. The molecule has 2 heterocycles. The van der Waals surface area contributed by atoms with Crippen LogP contribution in [0.2, 0.25) is 0 Å². The number of likely N-dealkylation sites (tertiary alicyclic amines) is 1. The third kappa shape index (κ3) is 7.75. The van der Waals surface area contributed by atoms with Crippen LogP contribution in [0.4, 0.5) is 23.1 Å². The Morgan fingerprint density at radius 1 is 0.971 bits per heavy atom. The van der Waals surface area contributed by atoms with Crippen molar-refractivity contribution >= 4 is 23.1 Å². The molecule has 0 aliphatic carbocycles. The van der Waals surface area contributed by atoms with Crippen LogP contribution >= 0.6 is 0 Å². The predicted molar refractivity (Wildman–Crippen MR) is 142 cm³/mol. The number of hydrogen-bond donors (Lipinski definition) is 3. The molecule has 2 aromatic carbocycles. The SMILES string of the molecule is COc1ccc(Nc2nccc(NCC3CCN(C)CC3)n2)cc1OCCCNc1ccccc1. The summed E-state index contributed by atoms with van der Waals surface area (Å²) in [5.41, 5.74) is 1.95. The van der Waals surface area contributed by atoms with Crippen LogP contribution in [0.15, 0.2) is 60.8 Å². The highest BCUT2D eigenvalue weighted by atomic mass is 16.5. The molecule has 0 spiro atoms. The predicted octanol–water partition coefficient (Wildman–Crippen LogP) is 4.86. The molecule has 186 valence electrons. The second kappa shape index (κ2) is 12.8. The van der Waals surface area contributed by atoms with Crippen LogP contribution < -0.4 is 25.4 Å². The number of anilines is 4. The van der Waals surface area contributed by atoms with Gasteiger partial charge < -0.3 is 30.3 Å². The Bertz CT molecular complexity index is 1040. The molecule has 3 N–H and O–H groups in total. The van der Waals surface area contributed by atoms with Gasteiger partial charge in [-0.15, -0.1) is 0 Å². The van der Waals surface area contributed by atoms with Gasteiger partial charge >= 0.3 is 0 Å². The number of aromatic nitrogens is 2. The van der Waals surface area contributed by atoms with E-state index in [4.69, 9.17) is 9.47 Å². The number of benzene rings is 2. The van der Waals surface area contributed by atoms with Crippen LogP contribution in [-0.2, 0) is 0 Å². The topological polar surface area (TPSA) is 83.6 Å². The highest BCUT2D eigenvalue weighted by molar-refractivity contribution is 5.60. The molecule has 1 fully saturated rings. The zero-order valence-corrected chi connectivity index (χ0v) is 20.7. The van der Waals surface area contributed by atoms with Gasteiger partial charge in [-0.25, -0.2) is 4.98 Å². The number of piperidine rings is 1. The highest BCUT2D eigenvalue weighted by Crippen LogP contribution is 2.31. The van der Waals surface area contributed by atoms with Crippen molar-refractivity contribution in [3.05, 3.63) is 60.8 Å². The van der Waals surface area contributed by atoms with Gasteiger partial charge in [0.1, 0.15) is 5.82 Å². The van der Waals surface area contributed by atoms with Gasteiger partial charge in [0.15, 0.2) is 11.5 Å². The van der Waals surface area contributed by atoms with Gasteiger partial charge in [-0.1, -0.05) is 18.2 Å². The van der Waals surface area contributed by atoms with Gasteiger partial charge in [0.2, 0.25) is 5.95 Å². The van der Waals surface area contributed by atoms with Crippen LogP contribution in [0.25, 0.3) is 0 Å². The second-order valence-corrected chi connectivity index (χ2v) is 8.88. The lowest BCUT2D eigenvalue weighted by Crippen LogP contribution is -2.33. The number of rotatable bonds is 12. The Labute approximate surface area is 208 Å². The van der Waals surface area contributed by atoms with Crippen molar-refractivity contribution in [2.75, 3.05) is 62.9 Å². The standard InChI is InChI=1S/C27H36N6O2/c1-33-16-12-21(13-17-33)20-30-26-11-15-29-27(32-26)31-23-9-10-24(34-2)25(19-23)35-18-6-14-28-22-7-4-3-5-8-22/h3-5,7-11,15,19,21,28H,6,12-14,16-18,20H2,1-2H3,(H2,29,30,31,32). The summed E-state index contributed by atoms with van der Waals surface area (Å²) in [6.45, 7) is 4.66. The van der Waals surface area contributed by atoms with Crippen molar-refractivity contribution in [1.29, 1.82) is 0 Å². The Balaban J connectivity index is 1.28. The molecular weight excluding hydrogens is 440 g/mol. The van der Waals surface area contributed by atoms with Gasteiger partial charge in [0, 0.05) is 36.7 Å². The molecule has 1 aliphatic heterocycles. The van der Waals surface area contributed by atoms with Crippen molar-refractivity contribution in [2.24, 2.45) is 5.92 Å². The summed E-state index contributed by atoms with van der Waals surface area (Å²) >= 11 is 0. The van der Waals surface area contributed by atoms with E-state index in [2.05, 4.69) is 50.0 Å². The molecule has 0 saturated carbocycles. The summed E-state index contributed by atoms with van der Waals surface area (Å²) in [5.74, 6) is 3.44. The van der Waals surface area contributed by atoms with E-state index in [1.54, 1.807) is 13.3 Å². The van der Waals surface area contributed by atoms with Gasteiger partial charge in [0.25, 0.3) is 0 Å². The van der Waals surface area contributed by atoms with Crippen LogP contribution in [0.3, 0.4) is 0 Å². The van der Waals surface area contributed by atoms with Gasteiger partial charge in [-0.3, -0.25) is 0 Å². The molecule has 0 amide bonds. The molecule has 1 saturated heterocycles. The molecule has 1 aliphatic rings. The van der Waals surface area contributed by atoms with E-state index in [0.717, 1.165) is 49.8 Å². The van der Waals surface area contributed by atoms with Crippen molar-refractivity contribution in [3.63, 3.8) is 0 Å². The molecule has 0 bridgehead atoms. The van der Waals surface area contributed by atoms with E-state index >= 15 is 0 Å². The van der Waals surface area contributed by atoms with Crippen molar-refractivity contribution in [2.45, 2.75) is 19.3 Å². The fourth-order valence-corrected chi connectivity index (χ4v) is 4.07. The van der Waals surface area contributed by atoms with E-state index in [1.165, 1.54) is 12.8 Å². The molecule has 8 heteroatoms. The second-order valence-electron chi connectivity index (χ2n) is 8.88. The van der Waals surface area contributed by atoms with Crippen LogP contribution in [0.5, 0.6) is 11.5 Å². The summed E-state index contributed by atoms with van der Waals surface area (Å²) < 4.78 is 11.5. The van der Waals surface area contributed by atoms with E-state index in [1.807, 2.05) is 42.5 Å². The Morgan fingerprint density at radius 2 is 1.80 bits per heavy atom. The van der Waals surface area contributed by atoms with Crippen LogP contribution in [-0.4, -0.2) is 61.8 Å². The van der Waals surface area contributed by atoms with Crippen LogP contribution in [0, 0.1) is 5.92 Å². The monoisotopic (exact) mass is 476 g/mol. The van der Waals surface area contributed by atoms with Gasteiger partial charge in [0.05, 0.1) is 13.7 Å². The normalized spacial score (nSPS) is 14.3. The molecule has 0 unspecified atom stereocenters. The maximum absolute atomic E-state index is 6.02. The quantitative estimate of drug-likeness (QED) is 0.320. The van der Waals surface area contributed by atoms with E-state index in [9.17, 15) is 0 Å². The van der Waals surface area contributed by atoms with Gasteiger partial charge in [-0.2, -0.15) is 4.98 Å². The lowest BCUT2D eigenvalue weighted by Gasteiger charge is -2.29. The molecule has 4 rings (SSSR count). The fraction of sp³-hybridized carbons (Fsp3) is 0.407. The summed E-state index contributed by atoms with van der Waals surface area (Å²) in [6, 6.07) is 17.8. The number of nitrogens with zero attached hydrogens (tertiary/aromatic N) is 3. The first-order chi connectivity index (χ1) is 17.2. The molecule has 35 heavy (non-hydrogen) atoms. The summed E-state index contributed by atoms with van der Waals surface area (Å²) in [4.78, 5) is 11.4. The maximum atomic E-state index is 6.02. The molecule has 0 radical (unpaired) electrons. The number of hydrogen-bond acceptors (Lipinski definition) is 8. The summed E-state index contributed by atoms with van der Waals surface area (Å²) in [6.07, 6.45) is 5.07. The summed E-state index contributed by atoms with van der Waals surface area (Å²) in [5, 5.41) is 10.2. The zero-order valence-electron chi connectivity index (χ0n) is 20.7. The summed E-state index contributed by atoms with van der Waals surface area (Å²) in [7, 11) is 3.83. The number of nitrogens with one attached hydrogen (secondary N) is 3. The lowest BCUT2D eigenvalue weighted by molar-refractivity contribution is 0.226. The molecule has 3 aromatic rings. The molecular formula is C27H36N6O2.